The molecule has 33 heavy (non-hydrogen) atoms. The van der Waals surface area contributed by atoms with E-state index in [4.69, 9.17) is 8.92 Å². The molecule has 180 valence electrons. The van der Waals surface area contributed by atoms with Crippen molar-refractivity contribution in [3.63, 3.8) is 0 Å². The summed E-state index contributed by atoms with van der Waals surface area (Å²) in [5, 5.41) is 0. The van der Waals surface area contributed by atoms with Crippen molar-refractivity contribution in [2.45, 2.75) is 46.4 Å². The molecule has 0 aliphatic carbocycles. The summed E-state index contributed by atoms with van der Waals surface area (Å²) in [6.45, 7) is 12.2. The van der Waals surface area contributed by atoms with Crippen molar-refractivity contribution >= 4 is 22.0 Å². The van der Waals surface area contributed by atoms with Crippen LogP contribution in [0.3, 0.4) is 0 Å². The van der Waals surface area contributed by atoms with Gasteiger partial charge in [0, 0.05) is 13.1 Å². The molecule has 0 saturated heterocycles. The maximum Gasteiger partial charge on any atom is 0.342 e. The zero-order valence-electron chi connectivity index (χ0n) is 20.1. The van der Waals surface area contributed by atoms with Crippen molar-refractivity contribution < 1.29 is 26.9 Å². The molecule has 0 aliphatic heterocycles. The second-order valence-corrected chi connectivity index (χ2v) is 10.5. The number of nitrogens with zero attached hydrogens (tertiary/aromatic N) is 1. The fourth-order valence-electron chi connectivity index (χ4n) is 3.30. The van der Waals surface area contributed by atoms with E-state index in [0.29, 0.717) is 18.7 Å². The van der Waals surface area contributed by atoms with E-state index < -0.39 is 22.7 Å². The number of amides is 1. The van der Waals surface area contributed by atoms with Crippen LogP contribution in [0.15, 0.2) is 47.4 Å². The molecule has 0 heterocycles. The van der Waals surface area contributed by atoms with Crippen LogP contribution in [0.2, 0.25) is 0 Å². The third-order valence-corrected chi connectivity index (χ3v) is 6.15. The molecule has 0 aliphatic rings. The predicted octanol–water partition coefficient (Wildman–Crippen LogP) is 4.37. The molecule has 8 heteroatoms. The van der Waals surface area contributed by atoms with Gasteiger partial charge in [0.05, 0.1) is 0 Å². The number of rotatable bonds is 10. The van der Waals surface area contributed by atoms with Crippen LogP contribution in [0.1, 0.15) is 49.2 Å². The molecule has 0 unspecified atom stereocenters. The monoisotopic (exact) mass is 475 g/mol. The van der Waals surface area contributed by atoms with Crippen LogP contribution in [0.25, 0.3) is 0 Å². The van der Waals surface area contributed by atoms with Gasteiger partial charge < -0.3 is 13.8 Å². The molecule has 2 aromatic rings. The Morgan fingerprint density at radius 3 is 2.15 bits per heavy atom. The Kier molecular flexibility index (Phi) is 9.05. The van der Waals surface area contributed by atoms with Gasteiger partial charge in [0.15, 0.2) is 12.4 Å². The molecule has 0 bridgehead atoms. The normalized spacial score (nSPS) is 11.5. The van der Waals surface area contributed by atoms with E-state index in [9.17, 15) is 18.0 Å². The number of hydrogen-bond acceptors (Lipinski definition) is 6. The molecule has 0 saturated carbocycles. The zero-order chi connectivity index (χ0) is 24.8. The SMILES string of the molecule is Cc1ccc(C)c(S(=O)(=O)Oc2ccccc2C(=O)OCC(=O)N(CC(C)C)CC(C)C)c1. The average Bonchev–Trinajstić information content (AvgIpc) is 2.72. The first-order chi connectivity index (χ1) is 15.4. The number of esters is 1. The lowest BCUT2D eigenvalue weighted by Crippen LogP contribution is -2.39. The molecule has 1 amide bonds. The van der Waals surface area contributed by atoms with E-state index in [2.05, 4.69) is 0 Å². The number of benzene rings is 2. The van der Waals surface area contributed by atoms with E-state index in [-0.39, 0.29) is 34.0 Å². The number of carbonyl (C=O) groups excluding carboxylic acids is 2. The second-order valence-electron chi connectivity index (χ2n) is 8.97. The Labute approximate surface area is 196 Å². The van der Waals surface area contributed by atoms with Crippen LogP contribution in [0.5, 0.6) is 5.75 Å². The Morgan fingerprint density at radius 2 is 1.55 bits per heavy atom. The first kappa shape index (κ1) is 26.4. The molecule has 2 rings (SSSR count). The first-order valence-electron chi connectivity index (χ1n) is 11.0. The summed E-state index contributed by atoms with van der Waals surface area (Å²) in [6, 6.07) is 10.9. The molecular formula is C25H33NO6S. The van der Waals surface area contributed by atoms with E-state index in [0.717, 1.165) is 5.56 Å². The quantitative estimate of drug-likeness (QED) is 0.374. The van der Waals surface area contributed by atoms with E-state index >= 15 is 0 Å². The summed E-state index contributed by atoms with van der Waals surface area (Å²) < 4.78 is 36.3. The summed E-state index contributed by atoms with van der Waals surface area (Å²) in [4.78, 5) is 27.1. The zero-order valence-corrected chi connectivity index (χ0v) is 20.9. The van der Waals surface area contributed by atoms with Crippen LogP contribution < -0.4 is 4.18 Å². The molecule has 0 atom stereocenters. The molecule has 0 radical (unpaired) electrons. The smallest absolute Gasteiger partial charge is 0.342 e. The second kappa shape index (κ2) is 11.3. The number of para-hydroxylation sites is 1. The summed E-state index contributed by atoms with van der Waals surface area (Å²) >= 11 is 0. The fraction of sp³-hybridized carbons (Fsp3) is 0.440. The van der Waals surface area contributed by atoms with Crippen molar-refractivity contribution in [1.82, 2.24) is 4.90 Å². The summed E-state index contributed by atoms with van der Waals surface area (Å²) in [5.74, 6) is -0.742. The first-order valence-corrected chi connectivity index (χ1v) is 12.4. The maximum absolute atomic E-state index is 12.9. The standard InChI is InChI=1S/C25H33NO6S/c1-17(2)14-26(15-18(3)4)24(27)16-31-25(28)21-9-7-8-10-22(21)32-33(29,30)23-13-19(5)11-12-20(23)6/h7-13,17-18H,14-16H2,1-6H3. The lowest BCUT2D eigenvalue weighted by molar-refractivity contribution is -0.135. The van der Waals surface area contributed by atoms with Gasteiger partial charge in [-0.05, 0) is 55.0 Å². The lowest BCUT2D eigenvalue weighted by Gasteiger charge is -2.26. The summed E-state index contributed by atoms with van der Waals surface area (Å²) in [5.41, 5.74) is 1.22. The Bertz CT molecular complexity index is 1080. The number of ether oxygens (including phenoxy) is 1. The molecule has 0 N–H and O–H groups in total. The summed E-state index contributed by atoms with van der Waals surface area (Å²) in [6.07, 6.45) is 0. The van der Waals surface area contributed by atoms with Crippen LogP contribution >= 0.6 is 0 Å². The van der Waals surface area contributed by atoms with Gasteiger partial charge in [0.1, 0.15) is 10.5 Å². The Morgan fingerprint density at radius 1 is 0.939 bits per heavy atom. The van der Waals surface area contributed by atoms with Gasteiger partial charge in [-0.3, -0.25) is 4.79 Å². The van der Waals surface area contributed by atoms with Crippen molar-refractivity contribution in [3.05, 3.63) is 59.2 Å². The van der Waals surface area contributed by atoms with Crippen molar-refractivity contribution in [2.24, 2.45) is 11.8 Å². The topological polar surface area (TPSA) is 90.0 Å². The fourth-order valence-corrected chi connectivity index (χ4v) is 4.57. The predicted molar refractivity (Wildman–Crippen MR) is 127 cm³/mol. The van der Waals surface area contributed by atoms with E-state index in [1.165, 1.54) is 18.2 Å². The number of carbonyl (C=O) groups is 2. The largest absolute Gasteiger partial charge is 0.452 e. The molecule has 2 aromatic carbocycles. The van der Waals surface area contributed by atoms with Crippen molar-refractivity contribution in [2.75, 3.05) is 19.7 Å². The highest BCUT2D eigenvalue weighted by Gasteiger charge is 2.24. The van der Waals surface area contributed by atoms with Crippen LogP contribution in [0, 0.1) is 25.7 Å². The number of hydrogen-bond donors (Lipinski definition) is 0. The minimum Gasteiger partial charge on any atom is -0.452 e. The lowest BCUT2D eigenvalue weighted by atomic mass is 10.1. The van der Waals surface area contributed by atoms with E-state index in [1.54, 1.807) is 43.0 Å². The molecular weight excluding hydrogens is 442 g/mol. The minimum absolute atomic E-state index is 0.0267. The van der Waals surface area contributed by atoms with Crippen molar-refractivity contribution in [3.8, 4) is 5.75 Å². The maximum atomic E-state index is 12.9. The molecule has 0 aromatic heterocycles. The van der Waals surface area contributed by atoms with Crippen molar-refractivity contribution in [1.29, 1.82) is 0 Å². The Balaban J connectivity index is 2.18. The van der Waals surface area contributed by atoms with Crippen LogP contribution in [-0.4, -0.2) is 44.9 Å². The minimum atomic E-state index is -4.18. The molecule has 0 spiro atoms. The van der Waals surface area contributed by atoms with Gasteiger partial charge in [-0.15, -0.1) is 0 Å². The highest BCUT2D eigenvalue weighted by Crippen LogP contribution is 2.26. The highest BCUT2D eigenvalue weighted by molar-refractivity contribution is 7.87. The highest BCUT2D eigenvalue weighted by atomic mass is 32.2. The summed E-state index contributed by atoms with van der Waals surface area (Å²) in [7, 11) is -4.18. The van der Waals surface area contributed by atoms with Gasteiger partial charge >= 0.3 is 16.1 Å². The average molecular weight is 476 g/mol. The molecule has 7 nitrogen and oxygen atoms in total. The Hall–Kier alpha value is -2.87. The van der Waals surface area contributed by atoms with Gasteiger partial charge in [0.25, 0.3) is 5.91 Å². The number of aryl methyl sites for hydroxylation is 2. The third kappa shape index (κ3) is 7.60. The van der Waals surface area contributed by atoms with E-state index in [1.807, 2.05) is 27.7 Å². The van der Waals surface area contributed by atoms with Crippen LogP contribution in [-0.2, 0) is 19.6 Å². The molecule has 0 fully saturated rings. The van der Waals surface area contributed by atoms with Gasteiger partial charge in [-0.1, -0.05) is 52.0 Å². The van der Waals surface area contributed by atoms with Gasteiger partial charge in [0.2, 0.25) is 0 Å². The van der Waals surface area contributed by atoms with Gasteiger partial charge in [-0.25, -0.2) is 4.79 Å². The van der Waals surface area contributed by atoms with Gasteiger partial charge in [-0.2, -0.15) is 8.42 Å². The van der Waals surface area contributed by atoms with Crippen LogP contribution in [0.4, 0.5) is 0 Å². The third-order valence-electron chi connectivity index (χ3n) is 4.77.